The Balaban J connectivity index is 1.47. The zero-order valence-electron chi connectivity index (χ0n) is 17.4. The molecule has 1 saturated heterocycles. The Hall–Kier alpha value is -3.13. The van der Waals surface area contributed by atoms with Crippen LogP contribution >= 0.6 is 0 Å². The number of para-hydroxylation sites is 2. The third-order valence-corrected chi connectivity index (χ3v) is 5.28. The quantitative estimate of drug-likeness (QED) is 0.565. The highest BCUT2D eigenvalue weighted by molar-refractivity contribution is 5.94. The molecule has 8 nitrogen and oxygen atoms in total. The normalized spacial score (nSPS) is 20.4. The Morgan fingerprint density at radius 2 is 2.30 bits per heavy atom. The van der Waals surface area contributed by atoms with Crippen LogP contribution in [-0.4, -0.2) is 66.4 Å². The molecule has 158 valence electrons. The molecule has 0 radical (unpaired) electrons. The van der Waals surface area contributed by atoms with E-state index >= 15 is 0 Å². The van der Waals surface area contributed by atoms with Crippen LogP contribution in [0.1, 0.15) is 30.4 Å². The standard InChI is InChI=1S/C22H27N5O3/c1-3-24-19(15-9-12-29-13-10-15)21(23-2)30-16-8-11-27(14-16)22(28)20-25-17-6-4-5-7-18(17)26-20/h3-7,9,16,23H,8,10-14H2,1-2H3,(H,25,26)/b21-19+,24-3?. The van der Waals surface area contributed by atoms with Crippen LogP contribution in [0, 0.1) is 0 Å². The van der Waals surface area contributed by atoms with Gasteiger partial charge in [0.15, 0.2) is 5.82 Å². The lowest BCUT2D eigenvalue weighted by Crippen LogP contribution is -2.31. The number of carbonyl (C=O) groups excluding carboxylic acids is 1. The van der Waals surface area contributed by atoms with Crippen molar-refractivity contribution in [3.05, 3.63) is 53.3 Å². The molecule has 1 aromatic heterocycles. The zero-order chi connectivity index (χ0) is 20.9. The number of aromatic amines is 1. The minimum atomic E-state index is -0.108. The first kappa shape index (κ1) is 20.2. The van der Waals surface area contributed by atoms with Gasteiger partial charge in [0.2, 0.25) is 5.88 Å². The topological polar surface area (TPSA) is 91.8 Å². The smallest absolute Gasteiger partial charge is 0.289 e. The first-order chi connectivity index (χ1) is 14.7. The van der Waals surface area contributed by atoms with Crippen LogP contribution in [0.3, 0.4) is 0 Å². The highest BCUT2D eigenvalue weighted by atomic mass is 16.5. The van der Waals surface area contributed by atoms with E-state index in [0.717, 1.165) is 35.1 Å². The summed E-state index contributed by atoms with van der Waals surface area (Å²) in [6.07, 6.45) is 5.24. The van der Waals surface area contributed by atoms with E-state index in [1.807, 2.05) is 44.3 Å². The number of ether oxygens (including phenoxy) is 2. The number of allylic oxidation sites excluding steroid dienone is 1. The van der Waals surface area contributed by atoms with Crippen molar-refractivity contribution in [2.75, 3.05) is 33.4 Å². The number of carbonyl (C=O) groups is 1. The van der Waals surface area contributed by atoms with E-state index in [-0.39, 0.29) is 12.0 Å². The second kappa shape index (κ2) is 9.13. The number of amides is 1. The molecule has 30 heavy (non-hydrogen) atoms. The van der Waals surface area contributed by atoms with Gasteiger partial charge in [0.05, 0.1) is 30.8 Å². The summed E-state index contributed by atoms with van der Waals surface area (Å²) < 4.78 is 11.7. The third-order valence-electron chi connectivity index (χ3n) is 5.28. The van der Waals surface area contributed by atoms with Gasteiger partial charge in [-0.3, -0.25) is 9.79 Å². The number of hydrogen-bond acceptors (Lipinski definition) is 6. The Bertz CT molecular complexity index is 974. The first-order valence-electron chi connectivity index (χ1n) is 10.3. The number of aromatic nitrogens is 2. The molecular formula is C22H27N5O3. The van der Waals surface area contributed by atoms with Crippen LogP contribution in [0.25, 0.3) is 11.0 Å². The summed E-state index contributed by atoms with van der Waals surface area (Å²) >= 11 is 0. The Morgan fingerprint density at radius 1 is 1.43 bits per heavy atom. The lowest BCUT2D eigenvalue weighted by atomic mass is 10.1. The molecule has 0 bridgehead atoms. The molecule has 3 heterocycles. The third kappa shape index (κ3) is 4.23. The van der Waals surface area contributed by atoms with E-state index in [0.29, 0.717) is 38.0 Å². The molecule has 8 heteroatoms. The molecule has 2 aromatic rings. The monoisotopic (exact) mass is 409 g/mol. The molecule has 2 N–H and O–H groups in total. The van der Waals surface area contributed by atoms with E-state index in [2.05, 4.69) is 20.3 Å². The molecule has 1 unspecified atom stereocenters. The van der Waals surface area contributed by atoms with Crippen molar-refractivity contribution in [3.63, 3.8) is 0 Å². The fraction of sp³-hybridized carbons (Fsp3) is 0.409. The molecule has 4 rings (SSSR count). The van der Waals surface area contributed by atoms with Gasteiger partial charge in [0.25, 0.3) is 5.91 Å². The van der Waals surface area contributed by atoms with Crippen LogP contribution in [-0.2, 0) is 9.47 Å². The van der Waals surface area contributed by atoms with Gasteiger partial charge < -0.3 is 24.7 Å². The molecule has 1 atom stereocenters. The van der Waals surface area contributed by atoms with Gasteiger partial charge in [-0.2, -0.15) is 0 Å². The minimum Gasteiger partial charge on any atom is -0.472 e. The number of benzene rings is 1. The predicted molar refractivity (Wildman–Crippen MR) is 115 cm³/mol. The average molecular weight is 409 g/mol. The molecule has 1 amide bonds. The minimum absolute atomic E-state index is 0.105. The molecule has 2 aliphatic rings. The number of imidazole rings is 1. The molecule has 2 aliphatic heterocycles. The van der Waals surface area contributed by atoms with Crippen molar-refractivity contribution in [3.8, 4) is 0 Å². The van der Waals surface area contributed by atoms with Gasteiger partial charge in [-0.1, -0.05) is 18.2 Å². The summed E-state index contributed by atoms with van der Waals surface area (Å²) in [5.41, 5.74) is 3.56. The summed E-state index contributed by atoms with van der Waals surface area (Å²) in [5.74, 6) is 0.889. The van der Waals surface area contributed by atoms with Crippen LogP contribution in [0.2, 0.25) is 0 Å². The number of nitrogens with zero attached hydrogens (tertiary/aromatic N) is 3. The summed E-state index contributed by atoms with van der Waals surface area (Å²) in [5, 5.41) is 3.14. The number of likely N-dealkylation sites (tertiary alicyclic amines) is 1. The zero-order valence-corrected chi connectivity index (χ0v) is 17.4. The summed E-state index contributed by atoms with van der Waals surface area (Å²) in [6, 6.07) is 7.64. The van der Waals surface area contributed by atoms with E-state index in [1.54, 1.807) is 11.1 Å². The van der Waals surface area contributed by atoms with Gasteiger partial charge in [0.1, 0.15) is 11.8 Å². The van der Waals surface area contributed by atoms with E-state index in [9.17, 15) is 4.79 Å². The molecule has 1 aromatic carbocycles. The van der Waals surface area contributed by atoms with Crippen molar-refractivity contribution >= 4 is 23.2 Å². The Kier molecular flexibility index (Phi) is 6.13. The second-order valence-electron chi connectivity index (χ2n) is 7.25. The van der Waals surface area contributed by atoms with Crippen molar-refractivity contribution in [2.45, 2.75) is 25.9 Å². The van der Waals surface area contributed by atoms with E-state index < -0.39 is 0 Å². The predicted octanol–water partition coefficient (Wildman–Crippen LogP) is 2.62. The molecule has 0 spiro atoms. The average Bonchev–Trinajstić information content (AvgIpc) is 3.43. The SMILES string of the molecule is CC=N/C(C1=CCOCC1)=C(\NC)OC1CCN(C(=O)c2nc3ccccc3[nH]2)C1. The number of fused-ring (bicyclic) bond motifs is 1. The van der Waals surface area contributed by atoms with Crippen molar-refractivity contribution in [2.24, 2.45) is 4.99 Å². The largest absolute Gasteiger partial charge is 0.472 e. The number of aliphatic imine (C=N–C) groups is 1. The summed E-state index contributed by atoms with van der Waals surface area (Å²) in [4.78, 5) is 26.8. The van der Waals surface area contributed by atoms with Gasteiger partial charge in [-0.05, 0) is 31.1 Å². The fourth-order valence-corrected chi connectivity index (χ4v) is 3.77. The van der Waals surface area contributed by atoms with Crippen molar-refractivity contribution < 1.29 is 14.3 Å². The first-order valence-corrected chi connectivity index (χ1v) is 10.3. The van der Waals surface area contributed by atoms with Crippen LogP contribution in [0.4, 0.5) is 0 Å². The number of nitrogens with one attached hydrogen (secondary N) is 2. The molecule has 1 fully saturated rings. The maximum Gasteiger partial charge on any atom is 0.289 e. The molecular weight excluding hydrogens is 382 g/mol. The van der Waals surface area contributed by atoms with E-state index in [4.69, 9.17) is 9.47 Å². The van der Waals surface area contributed by atoms with E-state index in [1.165, 1.54) is 0 Å². The number of H-pyrrole nitrogens is 1. The highest BCUT2D eigenvalue weighted by Gasteiger charge is 2.31. The Morgan fingerprint density at radius 3 is 3.03 bits per heavy atom. The van der Waals surface area contributed by atoms with Crippen molar-refractivity contribution in [1.82, 2.24) is 20.2 Å². The summed E-state index contributed by atoms with van der Waals surface area (Å²) in [7, 11) is 1.83. The number of hydrogen-bond donors (Lipinski definition) is 2. The maximum atomic E-state index is 12.9. The number of rotatable bonds is 6. The van der Waals surface area contributed by atoms with Gasteiger partial charge in [0, 0.05) is 26.2 Å². The summed E-state index contributed by atoms with van der Waals surface area (Å²) in [6.45, 7) is 4.27. The molecule has 0 aliphatic carbocycles. The van der Waals surface area contributed by atoms with Crippen molar-refractivity contribution in [1.29, 1.82) is 0 Å². The van der Waals surface area contributed by atoms with Gasteiger partial charge in [-0.15, -0.1) is 0 Å². The molecule has 0 saturated carbocycles. The second-order valence-corrected chi connectivity index (χ2v) is 7.25. The highest BCUT2D eigenvalue weighted by Crippen LogP contribution is 2.25. The Labute approximate surface area is 175 Å². The van der Waals surface area contributed by atoms with Crippen LogP contribution in [0.15, 0.2) is 52.5 Å². The lowest BCUT2D eigenvalue weighted by Gasteiger charge is -2.21. The van der Waals surface area contributed by atoms with Crippen LogP contribution in [0.5, 0.6) is 0 Å². The van der Waals surface area contributed by atoms with Crippen LogP contribution < -0.4 is 5.32 Å². The van der Waals surface area contributed by atoms with Gasteiger partial charge >= 0.3 is 0 Å². The lowest BCUT2D eigenvalue weighted by molar-refractivity contribution is 0.0712. The fourth-order valence-electron chi connectivity index (χ4n) is 3.77. The maximum absolute atomic E-state index is 12.9. The van der Waals surface area contributed by atoms with Gasteiger partial charge in [-0.25, -0.2) is 4.98 Å².